The number of halogens is 1. The summed E-state index contributed by atoms with van der Waals surface area (Å²) in [6.07, 6.45) is 0.892. The SMILES string of the molecule is CCOC(=O)[C@@H](Nc1ccc(/C(N)=N\O)cc1)c1cc(OCC)cc(OC2CCCO2)c1F. The van der Waals surface area contributed by atoms with Gasteiger partial charge in [0.25, 0.3) is 0 Å². The van der Waals surface area contributed by atoms with E-state index in [0.717, 1.165) is 6.42 Å². The predicted octanol–water partition coefficient (Wildman–Crippen LogP) is 3.55. The zero-order valence-electron chi connectivity index (χ0n) is 18.5. The van der Waals surface area contributed by atoms with E-state index in [1.54, 1.807) is 38.1 Å². The molecule has 1 unspecified atom stereocenters. The average Bonchev–Trinajstić information content (AvgIpc) is 3.33. The zero-order chi connectivity index (χ0) is 23.8. The van der Waals surface area contributed by atoms with Gasteiger partial charge in [-0.15, -0.1) is 0 Å². The number of nitrogens with zero attached hydrogens (tertiary/aromatic N) is 1. The first-order valence-electron chi connectivity index (χ1n) is 10.7. The van der Waals surface area contributed by atoms with Gasteiger partial charge in [0.05, 0.1) is 19.8 Å². The van der Waals surface area contributed by atoms with E-state index in [1.807, 2.05) is 0 Å². The van der Waals surface area contributed by atoms with Gasteiger partial charge >= 0.3 is 5.97 Å². The Kier molecular flexibility index (Phi) is 8.31. The average molecular weight is 461 g/mol. The van der Waals surface area contributed by atoms with E-state index < -0.39 is 24.1 Å². The van der Waals surface area contributed by atoms with Crippen LogP contribution >= 0.6 is 0 Å². The van der Waals surface area contributed by atoms with Crippen molar-refractivity contribution in [3.8, 4) is 11.5 Å². The third kappa shape index (κ3) is 6.04. The van der Waals surface area contributed by atoms with Crippen LogP contribution in [-0.2, 0) is 14.3 Å². The second-order valence-electron chi connectivity index (χ2n) is 7.21. The van der Waals surface area contributed by atoms with E-state index in [2.05, 4.69) is 10.5 Å². The van der Waals surface area contributed by atoms with E-state index >= 15 is 4.39 Å². The number of carbonyl (C=O) groups is 1. The molecule has 0 aliphatic carbocycles. The van der Waals surface area contributed by atoms with Gasteiger partial charge in [-0.2, -0.15) is 0 Å². The van der Waals surface area contributed by atoms with Crippen LogP contribution in [0.4, 0.5) is 10.1 Å². The number of benzene rings is 2. The van der Waals surface area contributed by atoms with Crippen LogP contribution in [0.1, 0.15) is 43.9 Å². The number of nitrogens with one attached hydrogen (secondary N) is 1. The van der Waals surface area contributed by atoms with E-state index in [4.69, 9.17) is 29.9 Å². The summed E-state index contributed by atoms with van der Waals surface area (Å²) in [5.41, 5.74) is 6.57. The molecule has 2 aromatic carbocycles. The number of nitrogens with two attached hydrogens (primary N) is 1. The maximum atomic E-state index is 15.6. The van der Waals surface area contributed by atoms with Crippen molar-refractivity contribution < 1.29 is 33.3 Å². The first-order valence-corrected chi connectivity index (χ1v) is 10.7. The van der Waals surface area contributed by atoms with Crippen LogP contribution in [0.15, 0.2) is 41.6 Å². The third-order valence-electron chi connectivity index (χ3n) is 4.93. The molecule has 9 nitrogen and oxygen atoms in total. The standard InChI is InChI=1S/C23H28FN3O6/c1-3-30-16-12-17(20(24)18(13-16)33-19-6-5-11-32-19)21(23(28)31-4-2)26-15-9-7-14(8-10-15)22(25)27-29/h7-10,12-13,19,21,26,29H,3-6,11H2,1-2H3,(H2,25,27)/t19?,21-/m0/s1. The van der Waals surface area contributed by atoms with Crippen molar-refractivity contribution in [3.05, 3.63) is 53.3 Å². The van der Waals surface area contributed by atoms with Crippen LogP contribution in [0.25, 0.3) is 0 Å². The van der Waals surface area contributed by atoms with Crippen molar-refractivity contribution in [1.29, 1.82) is 0 Å². The molecule has 1 aliphatic rings. The Labute approximate surface area is 191 Å². The van der Waals surface area contributed by atoms with Gasteiger partial charge in [-0.05, 0) is 50.6 Å². The zero-order valence-corrected chi connectivity index (χ0v) is 18.5. The fourth-order valence-corrected chi connectivity index (χ4v) is 3.37. The molecule has 1 saturated heterocycles. The molecule has 178 valence electrons. The number of hydrogen-bond donors (Lipinski definition) is 3. The maximum Gasteiger partial charge on any atom is 0.333 e. The molecule has 1 fully saturated rings. The van der Waals surface area contributed by atoms with Crippen LogP contribution in [0.3, 0.4) is 0 Å². The Balaban J connectivity index is 1.98. The molecule has 0 amide bonds. The van der Waals surface area contributed by atoms with E-state index in [1.165, 1.54) is 12.1 Å². The summed E-state index contributed by atoms with van der Waals surface area (Å²) >= 11 is 0. The number of oxime groups is 1. The second kappa shape index (κ2) is 11.4. The Morgan fingerprint density at radius 2 is 2.06 bits per heavy atom. The molecule has 10 heteroatoms. The van der Waals surface area contributed by atoms with E-state index in [-0.39, 0.29) is 23.8 Å². The van der Waals surface area contributed by atoms with Crippen LogP contribution in [0, 0.1) is 5.82 Å². The Morgan fingerprint density at radius 3 is 2.67 bits per heavy atom. The van der Waals surface area contributed by atoms with Crippen molar-refractivity contribution >= 4 is 17.5 Å². The molecule has 0 bridgehead atoms. The van der Waals surface area contributed by atoms with Crippen molar-refractivity contribution in [2.45, 2.75) is 39.0 Å². The molecular weight excluding hydrogens is 433 g/mol. The van der Waals surface area contributed by atoms with Gasteiger partial charge in [0.2, 0.25) is 0 Å². The summed E-state index contributed by atoms with van der Waals surface area (Å²) in [6, 6.07) is 8.13. The Hall–Kier alpha value is -3.53. The minimum Gasteiger partial charge on any atom is -0.494 e. The minimum absolute atomic E-state index is 0.00732. The summed E-state index contributed by atoms with van der Waals surface area (Å²) in [7, 11) is 0. The summed E-state index contributed by atoms with van der Waals surface area (Å²) in [6.45, 7) is 4.47. The molecule has 4 N–H and O–H groups in total. The first-order chi connectivity index (χ1) is 16.0. The smallest absolute Gasteiger partial charge is 0.333 e. The van der Waals surface area contributed by atoms with Crippen LogP contribution in [-0.4, -0.2) is 43.1 Å². The number of rotatable bonds is 10. The highest BCUT2D eigenvalue weighted by Gasteiger charge is 2.29. The highest BCUT2D eigenvalue weighted by atomic mass is 19.1. The van der Waals surface area contributed by atoms with Gasteiger partial charge in [0, 0.05) is 29.3 Å². The quantitative estimate of drug-likeness (QED) is 0.161. The fourth-order valence-electron chi connectivity index (χ4n) is 3.37. The van der Waals surface area contributed by atoms with Crippen LogP contribution in [0.5, 0.6) is 11.5 Å². The lowest BCUT2D eigenvalue weighted by molar-refractivity contribution is -0.144. The lowest BCUT2D eigenvalue weighted by Gasteiger charge is -2.22. The van der Waals surface area contributed by atoms with Crippen LogP contribution in [0.2, 0.25) is 0 Å². The lowest BCUT2D eigenvalue weighted by atomic mass is 10.0. The van der Waals surface area contributed by atoms with Gasteiger partial charge in [0.1, 0.15) is 5.75 Å². The molecule has 2 aromatic rings. The third-order valence-corrected chi connectivity index (χ3v) is 4.93. The summed E-state index contributed by atoms with van der Waals surface area (Å²) in [5.74, 6) is -1.17. The second-order valence-corrected chi connectivity index (χ2v) is 7.21. The van der Waals surface area contributed by atoms with Gasteiger partial charge in [-0.3, -0.25) is 0 Å². The summed E-state index contributed by atoms with van der Waals surface area (Å²) in [5, 5.41) is 14.8. The Bertz CT molecular complexity index is 977. The van der Waals surface area contributed by atoms with Gasteiger partial charge in [0.15, 0.2) is 29.7 Å². The number of esters is 1. The molecule has 0 aromatic heterocycles. The topological polar surface area (TPSA) is 125 Å². The number of amidine groups is 1. The van der Waals surface area contributed by atoms with Crippen molar-refractivity contribution in [3.63, 3.8) is 0 Å². The molecule has 0 radical (unpaired) electrons. The highest BCUT2D eigenvalue weighted by molar-refractivity contribution is 5.97. The minimum atomic E-state index is -1.19. The molecule has 3 rings (SSSR count). The van der Waals surface area contributed by atoms with Crippen molar-refractivity contribution in [1.82, 2.24) is 0 Å². The molecule has 1 heterocycles. The predicted molar refractivity (Wildman–Crippen MR) is 119 cm³/mol. The van der Waals surface area contributed by atoms with Crippen molar-refractivity contribution in [2.75, 3.05) is 25.1 Å². The molecular formula is C23H28FN3O6. The van der Waals surface area contributed by atoms with E-state index in [9.17, 15) is 4.79 Å². The number of hydrogen-bond acceptors (Lipinski definition) is 8. The molecule has 1 aliphatic heterocycles. The maximum absolute atomic E-state index is 15.6. The summed E-state index contributed by atoms with van der Waals surface area (Å²) in [4.78, 5) is 12.8. The van der Waals surface area contributed by atoms with E-state index in [0.29, 0.717) is 36.6 Å². The first kappa shape index (κ1) is 24.1. The molecule has 0 saturated carbocycles. The van der Waals surface area contributed by atoms with Crippen LogP contribution < -0.4 is 20.5 Å². The summed E-state index contributed by atoms with van der Waals surface area (Å²) < 4.78 is 37.5. The fraction of sp³-hybridized carbons (Fsp3) is 0.391. The van der Waals surface area contributed by atoms with Gasteiger partial charge in [-0.25, -0.2) is 9.18 Å². The van der Waals surface area contributed by atoms with Gasteiger partial charge < -0.3 is 35.2 Å². The number of anilines is 1. The van der Waals surface area contributed by atoms with Crippen molar-refractivity contribution in [2.24, 2.45) is 10.9 Å². The normalized spacial score (nSPS) is 16.8. The highest BCUT2D eigenvalue weighted by Crippen LogP contribution is 2.35. The molecule has 0 spiro atoms. The largest absolute Gasteiger partial charge is 0.494 e. The Morgan fingerprint density at radius 1 is 1.30 bits per heavy atom. The monoisotopic (exact) mass is 461 g/mol. The molecule has 2 atom stereocenters. The molecule has 33 heavy (non-hydrogen) atoms. The lowest BCUT2D eigenvalue weighted by Crippen LogP contribution is -2.25. The number of carbonyl (C=O) groups excluding carboxylic acids is 1. The van der Waals surface area contributed by atoms with Gasteiger partial charge in [-0.1, -0.05) is 5.16 Å². The number of ether oxygens (including phenoxy) is 4.